The van der Waals surface area contributed by atoms with E-state index < -0.39 is 0 Å². The van der Waals surface area contributed by atoms with Crippen molar-refractivity contribution in [2.24, 2.45) is 0 Å². The third-order valence-corrected chi connectivity index (χ3v) is 3.54. The van der Waals surface area contributed by atoms with E-state index in [9.17, 15) is 4.79 Å². The standard InChI is InChI=1S/C15H18N2O2/c18-15-12(9-16-10-13-5-3-7-19-13)8-11-4-1-2-6-14(11)17-15/h1-2,4,6,8,13,16H,3,5,7,9-10H2,(H,17,18)/t13-/m1/s1. The van der Waals surface area contributed by atoms with E-state index in [0.29, 0.717) is 12.6 Å². The van der Waals surface area contributed by atoms with E-state index in [1.165, 1.54) is 0 Å². The summed E-state index contributed by atoms with van der Waals surface area (Å²) in [5.41, 5.74) is 1.64. The average Bonchev–Trinajstić information content (AvgIpc) is 2.92. The summed E-state index contributed by atoms with van der Waals surface area (Å²) >= 11 is 0. The molecule has 1 atom stereocenters. The first kappa shape index (κ1) is 12.4. The zero-order chi connectivity index (χ0) is 13.1. The highest BCUT2D eigenvalue weighted by Crippen LogP contribution is 2.12. The zero-order valence-corrected chi connectivity index (χ0v) is 10.8. The Labute approximate surface area is 111 Å². The molecule has 0 saturated carbocycles. The van der Waals surface area contributed by atoms with Crippen molar-refractivity contribution in [3.8, 4) is 0 Å². The minimum atomic E-state index is -0.0152. The van der Waals surface area contributed by atoms with Crippen LogP contribution in [0.5, 0.6) is 0 Å². The molecular weight excluding hydrogens is 240 g/mol. The zero-order valence-electron chi connectivity index (χ0n) is 10.8. The van der Waals surface area contributed by atoms with Crippen molar-refractivity contribution >= 4 is 10.9 Å². The molecule has 4 nitrogen and oxygen atoms in total. The number of para-hydroxylation sites is 1. The molecule has 0 spiro atoms. The first-order valence-electron chi connectivity index (χ1n) is 6.76. The number of H-pyrrole nitrogens is 1. The van der Waals surface area contributed by atoms with Crippen LogP contribution in [0.3, 0.4) is 0 Å². The molecule has 1 saturated heterocycles. The van der Waals surface area contributed by atoms with Gasteiger partial charge in [0.1, 0.15) is 0 Å². The van der Waals surface area contributed by atoms with Crippen LogP contribution in [0, 0.1) is 0 Å². The van der Waals surface area contributed by atoms with E-state index in [0.717, 1.165) is 42.5 Å². The number of rotatable bonds is 4. The Morgan fingerprint density at radius 2 is 2.26 bits per heavy atom. The van der Waals surface area contributed by atoms with Gasteiger partial charge in [-0.1, -0.05) is 18.2 Å². The molecule has 2 heterocycles. The van der Waals surface area contributed by atoms with Crippen molar-refractivity contribution in [3.05, 3.63) is 46.2 Å². The number of hydrogen-bond acceptors (Lipinski definition) is 3. The lowest BCUT2D eigenvalue weighted by molar-refractivity contribution is 0.110. The smallest absolute Gasteiger partial charge is 0.252 e. The SMILES string of the molecule is O=c1[nH]c2ccccc2cc1CNC[C@H]1CCCO1. The second-order valence-electron chi connectivity index (χ2n) is 4.98. The minimum absolute atomic E-state index is 0.0152. The molecule has 0 amide bonds. The number of ether oxygens (including phenoxy) is 1. The van der Waals surface area contributed by atoms with Crippen molar-refractivity contribution in [1.29, 1.82) is 0 Å². The van der Waals surface area contributed by atoms with Gasteiger partial charge in [-0.05, 0) is 30.4 Å². The Kier molecular flexibility index (Phi) is 3.62. The molecular formula is C15H18N2O2. The van der Waals surface area contributed by atoms with Crippen molar-refractivity contribution in [1.82, 2.24) is 10.3 Å². The van der Waals surface area contributed by atoms with Gasteiger partial charge in [-0.15, -0.1) is 0 Å². The summed E-state index contributed by atoms with van der Waals surface area (Å²) in [6.45, 7) is 2.26. The van der Waals surface area contributed by atoms with Crippen LogP contribution in [0.15, 0.2) is 35.1 Å². The molecule has 4 heteroatoms. The first-order chi connectivity index (χ1) is 9.33. The maximum Gasteiger partial charge on any atom is 0.252 e. The van der Waals surface area contributed by atoms with Gasteiger partial charge in [0.25, 0.3) is 5.56 Å². The molecule has 1 aliphatic heterocycles. The third-order valence-electron chi connectivity index (χ3n) is 3.54. The van der Waals surface area contributed by atoms with E-state index in [1.807, 2.05) is 30.3 Å². The Morgan fingerprint density at radius 1 is 1.37 bits per heavy atom. The molecule has 0 unspecified atom stereocenters. The van der Waals surface area contributed by atoms with E-state index >= 15 is 0 Å². The van der Waals surface area contributed by atoms with Crippen molar-refractivity contribution < 1.29 is 4.74 Å². The molecule has 3 rings (SSSR count). The fourth-order valence-corrected chi connectivity index (χ4v) is 2.50. The largest absolute Gasteiger partial charge is 0.377 e. The highest BCUT2D eigenvalue weighted by Gasteiger charge is 2.14. The summed E-state index contributed by atoms with van der Waals surface area (Å²) in [7, 11) is 0. The maximum absolute atomic E-state index is 11.9. The fraction of sp³-hybridized carbons (Fsp3) is 0.400. The molecule has 100 valence electrons. The van der Waals surface area contributed by atoms with Crippen LogP contribution in [-0.2, 0) is 11.3 Å². The molecule has 1 fully saturated rings. The number of fused-ring (bicyclic) bond motifs is 1. The van der Waals surface area contributed by atoms with Gasteiger partial charge in [0.05, 0.1) is 6.10 Å². The van der Waals surface area contributed by atoms with E-state index in [-0.39, 0.29) is 5.56 Å². The molecule has 1 aliphatic rings. The predicted octanol–water partition coefficient (Wildman–Crippen LogP) is 1.80. The molecule has 1 aromatic heterocycles. The Hall–Kier alpha value is -1.65. The number of pyridine rings is 1. The highest BCUT2D eigenvalue weighted by atomic mass is 16.5. The summed E-state index contributed by atoms with van der Waals surface area (Å²) < 4.78 is 5.54. The summed E-state index contributed by atoms with van der Waals surface area (Å²) in [6, 6.07) is 9.78. The fourth-order valence-electron chi connectivity index (χ4n) is 2.50. The summed E-state index contributed by atoms with van der Waals surface area (Å²) in [6.07, 6.45) is 2.56. The first-order valence-corrected chi connectivity index (χ1v) is 6.76. The number of aromatic amines is 1. The van der Waals surface area contributed by atoms with Gasteiger partial charge in [0.15, 0.2) is 0 Å². The molecule has 19 heavy (non-hydrogen) atoms. The second-order valence-corrected chi connectivity index (χ2v) is 4.98. The molecule has 0 radical (unpaired) electrons. The van der Waals surface area contributed by atoms with Gasteiger partial charge < -0.3 is 15.0 Å². The van der Waals surface area contributed by atoms with Crippen LogP contribution in [0.2, 0.25) is 0 Å². The monoisotopic (exact) mass is 258 g/mol. The normalized spacial score (nSPS) is 19.1. The third kappa shape index (κ3) is 2.85. The lowest BCUT2D eigenvalue weighted by atomic mass is 10.1. The van der Waals surface area contributed by atoms with Gasteiger partial charge >= 0.3 is 0 Å². The Bertz CT molecular complexity index is 615. The van der Waals surface area contributed by atoms with Gasteiger partial charge in [-0.3, -0.25) is 4.79 Å². The van der Waals surface area contributed by atoms with Gasteiger partial charge in [-0.25, -0.2) is 0 Å². The number of nitrogens with one attached hydrogen (secondary N) is 2. The predicted molar refractivity (Wildman–Crippen MR) is 75.2 cm³/mol. The summed E-state index contributed by atoms with van der Waals surface area (Å²) in [5, 5.41) is 4.37. The molecule has 0 bridgehead atoms. The van der Waals surface area contributed by atoms with Crippen LogP contribution in [0.4, 0.5) is 0 Å². The Morgan fingerprint density at radius 3 is 3.11 bits per heavy atom. The van der Waals surface area contributed by atoms with Gasteiger partial charge in [0, 0.05) is 30.8 Å². The van der Waals surface area contributed by atoms with Crippen LogP contribution in [0.25, 0.3) is 10.9 Å². The topological polar surface area (TPSA) is 54.1 Å². The van der Waals surface area contributed by atoms with Gasteiger partial charge in [-0.2, -0.15) is 0 Å². The van der Waals surface area contributed by atoms with Crippen molar-refractivity contribution in [2.45, 2.75) is 25.5 Å². The lowest BCUT2D eigenvalue weighted by Crippen LogP contribution is -2.28. The molecule has 2 aromatic rings. The maximum atomic E-state index is 11.9. The van der Waals surface area contributed by atoms with Crippen LogP contribution < -0.4 is 10.9 Å². The highest BCUT2D eigenvalue weighted by molar-refractivity contribution is 5.78. The molecule has 1 aromatic carbocycles. The van der Waals surface area contributed by atoms with E-state index in [2.05, 4.69) is 10.3 Å². The number of aromatic nitrogens is 1. The summed E-state index contributed by atoms with van der Waals surface area (Å²) in [5.74, 6) is 0. The van der Waals surface area contributed by atoms with Crippen molar-refractivity contribution in [3.63, 3.8) is 0 Å². The Balaban J connectivity index is 1.69. The lowest BCUT2D eigenvalue weighted by Gasteiger charge is -2.10. The van der Waals surface area contributed by atoms with Gasteiger partial charge in [0.2, 0.25) is 0 Å². The van der Waals surface area contributed by atoms with E-state index in [4.69, 9.17) is 4.74 Å². The number of benzene rings is 1. The van der Waals surface area contributed by atoms with E-state index in [1.54, 1.807) is 0 Å². The minimum Gasteiger partial charge on any atom is -0.377 e. The number of hydrogen-bond donors (Lipinski definition) is 2. The average molecular weight is 258 g/mol. The quantitative estimate of drug-likeness (QED) is 0.879. The van der Waals surface area contributed by atoms with Crippen LogP contribution in [0.1, 0.15) is 18.4 Å². The van der Waals surface area contributed by atoms with Crippen LogP contribution >= 0.6 is 0 Å². The van der Waals surface area contributed by atoms with Crippen molar-refractivity contribution in [2.75, 3.05) is 13.2 Å². The summed E-state index contributed by atoms with van der Waals surface area (Å²) in [4.78, 5) is 14.8. The van der Waals surface area contributed by atoms with Crippen LogP contribution in [-0.4, -0.2) is 24.2 Å². The second kappa shape index (κ2) is 5.55. The molecule has 2 N–H and O–H groups in total. The molecule has 0 aliphatic carbocycles.